The zero-order chi connectivity index (χ0) is 19.4. The summed E-state index contributed by atoms with van der Waals surface area (Å²) in [7, 11) is 0. The van der Waals surface area contributed by atoms with Gasteiger partial charge in [-0.2, -0.15) is 0 Å². The van der Waals surface area contributed by atoms with Crippen LogP contribution in [0.5, 0.6) is 0 Å². The largest absolute Gasteiger partial charge is 0.390 e. The number of amides is 1. The second-order valence-electron chi connectivity index (χ2n) is 8.26. The highest BCUT2D eigenvalue weighted by Crippen LogP contribution is 2.46. The van der Waals surface area contributed by atoms with Gasteiger partial charge in [0, 0.05) is 34.4 Å². The Balaban J connectivity index is 1.37. The van der Waals surface area contributed by atoms with Crippen molar-refractivity contribution in [3.8, 4) is 11.3 Å². The highest BCUT2D eigenvalue weighted by molar-refractivity contribution is 6.35. The topological polar surface area (TPSA) is 78.0 Å². The molecule has 28 heavy (non-hydrogen) atoms. The van der Waals surface area contributed by atoms with Crippen LogP contribution in [0, 0.1) is 0 Å². The Morgan fingerprint density at radius 3 is 2.43 bits per heavy atom. The van der Waals surface area contributed by atoms with Crippen LogP contribution in [0.2, 0.25) is 5.02 Å². The van der Waals surface area contributed by atoms with Gasteiger partial charge < -0.3 is 15.4 Å². The summed E-state index contributed by atoms with van der Waals surface area (Å²) in [6.07, 6.45) is 8.39. The molecule has 2 heterocycles. The summed E-state index contributed by atoms with van der Waals surface area (Å²) in [4.78, 5) is 20.4. The average molecular weight is 396 g/mol. The van der Waals surface area contributed by atoms with Crippen LogP contribution in [-0.2, 0) is 0 Å². The van der Waals surface area contributed by atoms with Gasteiger partial charge in [0.1, 0.15) is 0 Å². The number of carbonyl (C=O) groups excluding carboxylic acids is 1. The molecule has 1 aromatic carbocycles. The lowest BCUT2D eigenvalue weighted by Crippen LogP contribution is -2.58. The van der Waals surface area contributed by atoms with Gasteiger partial charge in [0.2, 0.25) is 0 Å². The van der Waals surface area contributed by atoms with Crippen LogP contribution in [0.1, 0.15) is 48.9 Å². The molecule has 144 valence electrons. The third-order valence-electron chi connectivity index (χ3n) is 6.55. The molecule has 3 fully saturated rings. The third kappa shape index (κ3) is 2.90. The standard InChI is InChI=1S/C22H22ClN3O2/c23-17-13-25-18(16-5-12-24-19(16)17)14-1-3-15(4-2-14)20(27)26-21-6-9-22(28,10-7-21)11-8-21/h1-5,12-13,24,28H,6-11H2,(H,26,27). The number of nitrogens with one attached hydrogen (secondary N) is 2. The number of carbonyl (C=O) groups is 1. The Bertz CT molecular complexity index is 1030. The summed E-state index contributed by atoms with van der Waals surface area (Å²) in [5.41, 5.74) is 2.63. The number of aliphatic hydroxyl groups is 1. The molecule has 0 aliphatic heterocycles. The second kappa shape index (κ2) is 6.33. The SMILES string of the molecule is O=C(NC12CCC(O)(CC1)CC2)c1ccc(-c2ncc(Cl)c3[nH]ccc23)cc1. The van der Waals surface area contributed by atoms with Gasteiger partial charge >= 0.3 is 0 Å². The summed E-state index contributed by atoms with van der Waals surface area (Å²) in [5, 5.41) is 15.2. The lowest BCUT2D eigenvalue weighted by molar-refractivity contribution is -0.0702. The molecule has 0 saturated heterocycles. The van der Waals surface area contributed by atoms with E-state index >= 15 is 0 Å². The maximum atomic E-state index is 12.8. The molecular weight excluding hydrogens is 374 g/mol. The molecule has 3 N–H and O–H groups in total. The van der Waals surface area contributed by atoms with Crippen molar-refractivity contribution in [2.24, 2.45) is 0 Å². The van der Waals surface area contributed by atoms with Crippen LogP contribution in [0.4, 0.5) is 0 Å². The Kier molecular flexibility index (Phi) is 4.00. The van der Waals surface area contributed by atoms with E-state index in [1.165, 1.54) is 0 Å². The van der Waals surface area contributed by atoms with Gasteiger partial charge in [-0.3, -0.25) is 9.78 Å². The summed E-state index contributed by atoms with van der Waals surface area (Å²) in [6.45, 7) is 0. The Labute approximate surface area is 168 Å². The van der Waals surface area contributed by atoms with E-state index < -0.39 is 5.60 Å². The number of aromatic nitrogens is 2. The van der Waals surface area contributed by atoms with E-state index in [1.54, 1.807) is 6.20 Å². The fourth-order valence-corrected chi connectivity index (χ4v) is 4.90. The van der Waals surface area contributed by atoms with Crippen LogP contribution in [-0.4, -0.2) is 32.1 Å². The van der Waals surface area contributed by atoms with E-state index in [2.05, 4.69) is 15.3 Å². The summed E-state index contributed by atoms with van der Waals surface area (Å²) in [6, 6.07) is 9.50. The fourth-order valence-electron chi connectivity index (χ4n) is 4.70. The molecule has 2 aromatic heterocycles. The zero-order valence-corrected chi connectivity index (χ0v) is 16.2. The van der Waals surface area contributed by atoms with Crippen LogP contribution >= 0.6 is 11.6 Å². The molecule has 0 unspecified atom stereocenters. The first-order valence-electron chi connectivity index (χ1n) is 9.74. The van der Waals surface area contributed by atoms with Gasteiger partial charge in [-0.1, -0.05) is 23.7 Å². The number of pyridine rings is 1. The number of aromatic amines is 1. The first-order valence-corrected chi connectivity index (χ1v) is 10.1. The number of fused-ring (bicyclic) bond motifs is 4. The van der Waals surface area contributed by atoms with Gasteiger partial charge in [-0.15, -0.1) is 0 Å². The molecule has 5 nitrogen and oxygen atoms in total. The monoisotopic (exact) mass is 395 g/mol. The van der Waals surface area contributed by atoms with Gasteiger partial charge in [-0.05, 0) is 56.7 Å². The number of nitrogens with zero attached hydrogens (tertiary/aromatic N) is 1. The zero-order valence-electron chi connectivity index (χ0n) is 15.5. The van der Waals surface area contributed by atoms with Gasteiger partial charge in [0.15, 0.2) is 0 Å². The highest BCUT2D eigenvalue weighted by atomic mass is 35.5. The minimum Gasteiger partial charge on any atom is -0.390 e. The van der Waals surface area contributed by atoms with Crippen LogP contribution in [0.25, 0.3) is 22.2 Å². The first kappa shape index (κ1) is 17.7. The summed E-state index contributed by atoms with van der Waals surface area (Å²) >= 11 is 6.19. The molecule has 3 aliphatic carbocycles. The minimum absolute atomic E-state index is 0.0465. The summed E-state index contributed by atoms with van der Waals surface area (Å²) in [5.74, 6) is -0.0465. The molecule has 2 bridgehead atoms. The van der Waals surface area contributed by atoms with Crippen LogP contribution in [0.3, 0.4) is 0 Å². The molecule has 6 rings (SSSR count). The molecule has 3 aromatic rings. The van der Waals surface area contributed by atoms with Crippen molar-refractivity contribution >= 4 is 28.4 Å². The van der Waals surface area contributed by atoms with Crippen LogP contribution < -0.4 is 5.32 Å². The van der Waals surface area contributed by atoms with Gasteiger partial charge in [-0.25, -0.2) is 0 Å². The Morgan fingerprint density at radius 1 is 1.07 bits per heavy atom. The lowest BCUT2D eigenvalue weighted by Gasteiger charge is -2.51. The minimum atomic E-state index is -0.497. The number of hydrogen-bond donors (Lipinski definition) is 3. The Hall–Kier alpha value is -2.37. The smallest absolute Gasteiger partial charge is 0.251 e. The third-order valence-corrected chi connectivity index (χ3v) is 6.84. The molecular formula is C22H22ClN3O2. The van der Waals surface area contributed by atoms with E-state index in [-0.39, 0.29) is 11.4 Å². The normalized spacial score (nSPS) is 26.5. The quantitative estimate of drug-likeness (QED) is 0.613. The van der Waals surface area contributed by atoms with E-state index in [1.807, 2.05) is 36.5 Å². The van der Waals surface area contributed by atoms with E-state index in [4.69, 9.17) is 11.6 Å². The summed E-state index contributed by atoms with van der Waals surface area (Å²) < 4.78 is 0. The van der Waals surface area contributed by atoms with E-state index in [0.29, 0.717) is 10.6 Å². The maximum absolute atomic E-state index is 12.8. The van der Waals surface area contributed by atoms with Crippen molar-refractivity contribution in [2.75, 3.05) is 0 Å². The molecule has 6 heteroatoms. The lowest BCUT2D eigenvalue weighted by atomic mass is 9.63. The predicted molar refractivity (Wildman–Crippen MR) is 109 cm³/mol. The van der Waals surface area contributed by atoms with Crippen molar-refractivity contribution in [1.82, 2.24) is 15.3 Å². The van der Waals surface area contributed by atoms with Crippen molar-refractivity contribution < 1.29 is 9.90 Å². The number of halogens is 1. The van der Waals surface area contributed by atoms with Crippen molar-refractivity contribution in [2.45, 2.75) is 49.7 Å². The predicted octanol–water partition coefficient (Wildman–Crippen LogP) is 4.45. The van der Waals surface area contributed by atoms with E-state index in [0.717, 1.165) is 60.7 Å². The number of hydrogen-bond acceptors (Lipinski definition) is 3. The van der Waals surface area contributed by atoms with E-state index in [9.17, 15) is 9.90 Å². The van der Waals surface area contributed by atoms with Crippen molar-refractivity contribution in [3.05, 3.63) is 53.3 Å². The van der Waals surface area contributed by atoms with Gasteiger partial charge in [0.25, 0.3) is 5.91 Å². The second-order valence-corrected chi connectivity index (χ2v) is 8.66. The molecule has 0 spiro atoms. The molecule has 0 atom stereocenters. The number of benzene rings is 1. The van der Waals surface area contributed by atoms with Crippen molar-refractivity contribution in [1.29, 1.82) is 0 Å². The molecule has 3 aliphatic rings. The Morgan fingerprint density at radius 2 is 1.75 bits per heavy atom. The average Bonchev–Trinajstić information content (AvgIpc) is 3.21. The first-order chi connectivity index (χ1) is 13.5. The molecule has 0 radical (unpaired) electrons. The molecule has 1 amide bonds. The van der Waals surface area contributed by atoms with Crippen LogP contribution in [0.15, 0.2) is 42.7 Å². The maximum Gasteiger partial charge on any atom is 0.251 e. The fraction of sp³-hybridized carbons (Fsp3) is 0.364. The molecule has 3 saturated carbocycles. The van der Waals surface area contributed by atoms with Crippen molar-refractivity contribution in [3.63, 3.8) is 0 Å². The highest BCUT2D eigenvalue weighted by Gasteiger charge is 2.48. The number of H-pyrrole nitrogens is 1. The van der Waals surface area contributed by atoms with Gasteiger partial charge in [0.05, 0.1) is 21.8 Å². The number of rotatable bonds is 3.